The molecule has 0 radical (unpaired) electrons. The number of sulfonamides is 1. The van der Waals surface area contributed by atoms with Gasteiger partial charge in [-0.05, 0) is 61.8 Å². The number of aliphatic hydroxyl groups is 1. The Hall–Kier alpha value is -0.910. The maximum atomic E-state index is 12.8. The molecule has 0 atom stereocenters. The minimum absolute atomic E-state index is 0.124. The number of nitrogens with zero attached hydrogens (tertiary/aromatic N) is 1. The summed E-state index contributed by atoms with van der Waals surface area (Å²) in [5, 5.41) is 9.32. The lowest BCUT2D eigenvalue weighted by molar-refractivity contribution is 0.280. The van der Waals surface area contributed by atoms with E-state index >= 15 is 0 Å². The molecule has 0 unspecified atom stereocenters. The topological polar surface area (TPSA) is 57.6 Å². The van der Waals surface area contributed by atoms with E-state index in [9.17, 15) is 13.5 Å². The highest BCUT2D eigenvalue weighted by atomic mass is 32.2. The van der Waals surface area contributed by atoms with Crippen LogP contribution in [0.2, 0.25) is 0 Å². The van der Waals surface area contributed by atoms with Crippen LogP contribution in [0.15, 0.2) is 23.1 Å². The minimum Gasteiger partial charge on any atom is -0.392 e. The molecule has 0 aromatic heterocycles. The molecule has 0 spiro atoms. The van der Waals surface area contributed by atoms with Crippen molar-refractivity contribution in [1.82, 2.24) is 4.31 Å². The van der Waals surface area contributed by atoms with Gasteiger partial charge < -0.3 is 5.11 Å². The summed E-state index contributed by atoms with van der Waals surface area (Å²) in [6, 6.07) is 5.25. The maximum Gasteiger partial charge on any atom is 0.243 e. The molecular formula is C15H21NO3S. The molecule has 110 valence electrons. The van der Waals surface area contributed by atoms with Crippen molar-refractivity contribution in [2.75, 3.05) is 6.54 Å². The Balaban J connectivity index is 1.92. The van der Waals surface area contributed by atoms with Crippen LogP contribution in [0.3, 0.4) is 0 Å². The first-order valence-corrected chi connectivity index (χ1v) is 8.68. The van der Waals surface area contributed by atoms with E-state index in [4.69, 9.17) is 0 Å². The molecule has 0 saturated heterocycles. The van der Waals surface area contributed by atoms with Crippen LogP contribution < -0.4 is 0 Å². The average molecular weight is 295 g/mol. The van der Waals surface area contributed by atoms with Gasteiger partial charge in [-0.3, -0.25) is 0 Å². The molecule has 0 heterocycles. The summed E-state index contributed by atoms with van der Waals surface area (Å²) < 4.78 is 27.3. The van der Waals surface area contributed by atoms with Gasteiger partial charge in [0.2, 0.25) is 10.0 Å². The zero-order valence-corrected chi connectivity index (χ0v) is 12.6. The van der Waals surface area contributed by atoms with E-state index < -0.39 is 10.0 Å². The van der Waals surface area contributed by atoms with E-state index in [0.717, 1.165) is 31.2 Å². The van der Waals surface area contributed by atoms with Crippen molar-refractivity contribution in [3.63, 3.8) is 0 Å². The van der Waals surface area contributed by atoms with Crippen molar-refractivity contribution in [2.45, 2.75) is 50.2 Å². The van der Waals surface area contributed by atoms with Gasteiger partial charge in [0.15, 0.2) is 0 Å². The molecule has 5 heteroatoms. The quantitative estimate of drug-likeness (QED) is 0.874. The fourth-order valence-electron chi connectivity index (χ4n) is 2.47. The summed E-state index contributed by atoms with van der Waals surface area (Å²) in [5.74, 6) is 0.549. The largest absolute Gasteiger partial charge is 0.392 e. The zero-order valence-electron chi connectivity index (χ0n) is 11.7. The lowest BCUT2D eigenvalue weighted by atomic mass is 10.1. The highest BCUT2D eigenvalue weighted by molar-refractivity contribution is 7.89. The molecule has 1 aromatic rings. The number of hydrogen-bond acceptors (Lipinski definition) is 3. The molecule has 2 saturated carbocycles. The predicted octanol–water partition coefficient (Wildman–Crippen LogP) is 2.05. The van der Waals surface area contributed by atoms with Gasteiger partial charge in [0.05, 0.1) is 11.5 Å². The van der Waals surface area contributed by atoms with Crippen LogP contribution in [0.4, 0.5) is 0 Å². The minimum atomic E-state index is -3.42. The second-order valence-corrected chi connectivity index (χ2v) is 7.89. The Labute approximate surface area is 120 Å². The van der Waals surface area contributed by atoms with Gasteiger partial charge in [-0.1, -0.05) is 6.07 Å². The predicted molar refractivity (Wildman–Crippen MR) is 76.7 cm³/mol. The molecule has 1 N–H and O–H groups in total. The molecule has 2 fully saturated rings. The molecule has 20 heavy (non-hydrogen) atoms. The normalized spacial score (nSPS) is 19.6. The Morgan fingerprint density at radius 1 is 1.25 bits per heavy atom. The summed E-state index contributed by atoms with van der Waals surface area (Å²) in [6.07, 6.45) is 4.25. The van der Waals surface area contributed by atoms with Crippen LogP contribution in [0, 0.1) is 12.8 Å². The van der Waals surface area contributed by atoms with Gasteiger partial charge in [-0.15, -0.1) is 0 Å². The Morgan fingerprint density at radius 2 is 1.95 bits per heavy atom. The number of aryl methyl sites for hydroxylation is 1. The van der Waals surface area contributed by atoms with Gasteiger partial charge in [-0.25, -0.2) is 8.42 Å². The molecule has 4 nitrogen and oxygen atoms in total. The summed E-state index contributed by atoms with van der Waals surface area (Å²) >= 11 is 0. The van der Waals surface area contributed by atoms with E-state index in [1.165, 1.54) is 0 Å². The third-order valence-corrected chi connectivity index (χ3v) is 6.10. The van der Waals surface area contributed by atoms with Gasteiger partial charge in [-0.2, -0.15) is 4.31 Å². The van der Waals surface area contributed by atoms with Gasteiger partial charge >= 0.3 is 0 Å². The number of rotatable bonds is 6. The molecule has 2 aliphatic rings. The lowest BCUT2D eigenvalue weighted by Crippen LogP contribution is -2.35. The van der Waals surface area contributed by atoms with Crippen molar-refractivity contribution in [2.24, 2.45) is 5.92 Å². The van der Waals surface area contributed by atoms with Gasteiger partial charge in [0, 0.05) is 12.6 Å². The number of hydrogen-bond donors (Lipinski definition) is 1. The van der Waals surface area contributed by atoms with Gasteiger partial charge in [0.1, 0.15) is 0 Å². The number of aliphatic hydroxyl groups excluding tert-OH is 1. The smallest absolute Gasteiger partial charge is 0.243 e. The zero-order chi connectivity index (χ0) is 14.3. The van der Waals surface area contributed by atoms with Crippen LogP contribution in [-0.4, -0.2) is 30.4 Å². The van der Waals surface area contributed by atoms with Crippen molar-refractivity contribution < 1.29 is 13.5 Å². The van der Waals surface area contributed by atoms with Crippen LogP contribution in [0.25, 0.3) is 0 Å². The standard InChI is InChI=1S/C15H21NO3S/c1-11-2-7-15(8-13(11)10-17)20(18,19)16(14-5-6-14)9-12-3-4-12/h2,7-8,12,14,17H,3-6,9-10H2,1H3. The van der Waals surface area contributed by atoms with E-state index in [2.05, 4.69) is 0 Å². The summed E-state index contributed by atoms with van der Waals surface area (Å²) in [4.78, 5) is 0.319. The van der Waals surface area contributed by atoms with Crippen molar-refractivity contribution in [1.29, 1.82) is 0 Å². The van der Waals surface area contributed by atoms with Crippen molar-refractivity contribution in [3.8, 4) is 0 Å². The molecule has 0 amide bonds. The molecular weight excluding hydrogens is 274 g/mol. The fourth-order valence-corrected chi connectivity index (χ4v) is 4.29. The molecule has 1 aromatic carbocycles. The van der Waals surface area contributed by atoms with E-state index in [-0.39, 0.29) is 12.6 Å². The molecule has 0 aliphatic heterocycles. The monoisotopic (exact) mass is 295 g/mol. The summed E-state index contributed by atoms with van der Waals surface area (Å²) in [6.45, 7) is 2.42. The third kappa shape index (κ3) is 2.75. The highest BCUT2D eigenvalue weighted by Crippen LogP contribution is 2.38. The second-order valence-electron chi connectivity index (χ2n) is 6.00. The van der Waals surface area contributed by atoms with Crippen LogP contribution >= 0.6 is 0 Å². The van der Waals surface area contributed by atoms with Crippen molar-refractivity contribution in [3.05, 3.63) is 29.3 Å². The van der Waals surface area contributed by atoms with Crippen molar-refractivity contribution >= 4 is 10.0 Å². The molecule has 0 bridgehead atoms. The molecule has 2 aliphatic carbocycles. The Bertz CT molecular complexity index is 604. The van der Waals surface area contributed by atoms with E-state index in [1.54, 1.807) is 22.5 Å². The third-order valence-electron chi connectivity index (χ3n) is 4.19. The van der Waals surface area contributed by atoms with E-state index in [0.29, 0.717) is 22.9 Å². The van der Waals surface area contributed by atoms with E-state index in [1.807, 2.05) is 6.92 Å². The number of benzene rings is 1. The summed E-state index contributed by atoms with van der Waals surface area (Å²) in [5.41, 5.74) is 1.61. The lowest BCUT2D eigenvalue weighted by Gasteiger charge is -2.22. The average Bonchev–Trinajstić information content (AvgIpc) is 3.28. The Kier molecular flexibility index (Phi) is 3.60. The first-order chi connectivity index (χ1) is 9.52. The highest BCUT2D eigenvalue weighted by Gasteiger charge is 2.41. The maximum absolute atomic E-state index is 12.8. The van der Waals surface area contributed by atoms with Crippen LogP contribution in [0.1, 0.15) is 36.8 Å². The second kappa shape index (κ2) is 5.13. The molecule has 3 rings (SSSR count). The first-order valence-electron chi connectivity index (χ1n) is 7.24. The summed E-state index contributed by atoms with van der Waals surface area (Å²) in [7, 11) is -3.42. The fraction of sp³-hybridized carbons (Fsp3) is 0.600. The SMILES string of the molecule is Cc1ccc(S(=O)(=O)N(CC2CC2)C2CC2)cc1CO. The first kappa shape index (κ1) is 14.0. The van der Waals surface area contributed by atoms with Crippen LogP contribution in [0.5, 0.6) is 0 Å². The Morgan fingerprint density at radius 3 is 2.50 bits per heavy atom. The van der Waals surface area contributed by atoms with Crippen LogP contribution in [-0.2, 0) is 16.6 Å². The van der Waals surface area contributed by atoms with Gasteiger partial charge in [0.25, 0.3) is 0 Å².